The van der Waals surface area contributed by atoms with Gasteiger partial charge in [0.15, 0.2) is 0 Å². The van der Waals surface area contributed by atoms with Gasteiger partial charge in [-0.1, -0.05) is 43.7 Å². The second kappa shape index (κ2) is 9.47. The van der Waals surface area contributed by atoms with Gasteiger partial charge in [0.25, 0.3) is 17.7 Å². The third-order valence-corrected chi connectivity index (χ3v) is 5.02. The lowest BCUT2D eigenvalue weighted by atomic mass is 10.0. The smallest absolute Gasteiger partial charge is 0.261 e. The molecule has 3 rings (SSSR count). The zero-order valence-corrected chi connectivity index (χ0v) is 16.9. The van der Waals surface area contributed by atoms with E-state index < -0.39 is 0 Å². The van der Waals surface area contributed by atoms with Gasteiger partial charge in [-0.05, 0) is 30.2 Å². The number of unbranched alkanes of at least 4 members (excludes halogenated alkanes) is 1. The van der Waals surface area contributed by atoms with Crippen LogP contribution in [0.3, 0.4) is 0 Å². The zero-order valence-electron chi connectivity index (χ0n) is 16.9. The van der Waals surface area contributed by atoms with E-state index in [9.17, 15) is 14.4 Å². The van der Waals surface area contributed by atoms with Crippen LogP contribution in [0.4, 0.5) is 0 Å². The Morgan fingerprint density at radius 1 is 1.03 bits per heavy atom. The van der Waals surface area contributed by atoms with Crippen molar-refractivity contribution in [3.05, 3.63) is 70.8 Å². The number of hydrogen-bond donors (Lipinski definition) is 0. The van der Waals surface area contributed by atoms with Gasteiger partial charge in [0.05, 0.1) is 17.7 Å². The van der Waals surface area contributed by atoms with Crippen molar-refractivity contribution >= 4 is 17.7 Å². The van der Waals surface area contributed by atoms with E-state index in [4.69, 9.17) is 4.74 Å². The number of carbonyl (C=O) groups excluding carboxylic acids is 3. The summed E-state index contributed by atoms with van der Waals surface area (Å²) in [7, 11) is 1.59. The molecule has 2 aromatic rings. The van der Waals surface area contributed by atoms with Crippen LogP contribution in [0, 0.1) is 0 Å². The highest BCUT2D eigenvalue weighted by Crippen LogP contribution is 2.25. The largest absolute Gasteiger partial charge is 0.383 e. The number of amides is 3. The first-order valence-electron chi connectivity index (χ1n) is 9.89. The van der Waals surface area contributed by atoms with Crippen LogP contribution in [0.5, 0.6) is 0 Å². The van der Waals surface area contributed by atoms with Gasteiger partial charge >= 0.3 is 0 Å². The van der Waals surface area contributed by atoms with Crippen molar-refractivity contribution in [1.82, 2.24) is 9.80 Å². The summed E-state index contributed by atoms with van der Waals surface area (Å²) in [6, 6.07) is 14.5. The standard InChI is InChI=1S/C23H26N2O4/c1-3-4-12-25-22(27)19-11-10-18(15-20(19)23(25)28)21(26)24(13-14-29-2)16-17-8-6-5-7-9-17/h5-11,15H,3-4,12-14,16H2,1-2H3. The molecule has 6 nitrogen and oxygen atoms in total. The number of rotatable bonds is 9. The van der Waals surface area contributed by atoms with Gasteiger partial charge in [-0.15, -0.1) is 0 Å². The Balaban J connectivity index is 1.84. The summed E-state index contributed by atoms with van der Waals surface area (Å²) < 4.78 is 5.15. The molecule has 0 N–H and O–H groups in total. The number of ether oxygens (including phenoxy) is 1. The molecule has 29 heavy (non-hydrogen) atoms. The van der Waals surface area contributed by atoms with Gasteiger partial charge in [-0.3, -0.25) is 19.3 Å². The maximum absolute atomic E-state index is 13.2. The summed E-state index contributed by atoms with van der Waals surface area (Å²) in [5.41, 5.74) is 2.09. The van der Waals surface area contributed by atoms with E-state index in [0.717, 1.165) is 18.4 Å². The topological polar surface area (TPSA) is 66.9 Å². The maximum Gasteiger partial charge on any atom is 0.261 e. The molecule has 0 fully saturated rings. The van der Waals surface area contributed by atoms with Gasteiger partial charge in [0, 0.05) is 32.3 Å². The normalized spacial score (nSPS) is 13.0. The predicted molar refractivity (Wildman–Crippen MR) is 110 cm³/mol. The molecule has 1 aliphatic rings. The molecule has 1 heterocycles. The third kappa shape index (κ3) is 4.54. The highest BCUT2D eigenvalue weighted by molar-refractivity contribution is 6.22. The van der Waals surface area contributed by atoms with Crippen LogP contribution in [0.15, 0.2) is 48.5 Å². The molecule has 0 saturated carbocycles. The molecule has 0 radical (unpaired) electrons. The summed E-state index contributed by atoms with van der Waals surface area (Å²) in [5, 5.41) is 0. The lowest BCUT2D eigenvalue weighted by molar-refractivity contribution is 0.0651. The van der Waals surface area contributed by atoms with E-state index in [1.807, 2.05) is 37.3 Å². The molecule has 0 saturated heterocycles. The quantitative estimate of drug-likeness (QED) is 0.612. The van der Waals surface area contributed by atoms with Crippen molar-refractivity contribution < 1.29 is 19.1 Å². The molecule has 0 aliphatic carbocycles. The highest BCUT2D eigenvalue weighted by atomic mass is 16.5. The summed E-state index contributed by atoms with van der Waals surface area (Å²) in [5.74, 6) is -0.793. The molecule has 3 amide bonds. The number of benzene rings is 2. The minimum Gasteiger partial charge on any atom is -0.383 e. The SMILES string of the molecule is CCCCN1C(=O)c2ccc(C(=O)N(CCOC)Cc3ccccc3)cc2C1=O. The fourth-order valence-electron chi connectivity index (χ4n) is 3.38. The van der Waals surface area contributed by atoms with E-state index in [1.54, 1.807) is 30.2 Å². The Kier molecular flexibility index (Phi) is 6.77. The number of imide groups is 1. The molecular formula is C23H26N2O4. The first-order chi connectivity index (χ1) is 14.1. The second-order valence-electron chi connectivity index (χ2n) is 7.08. The first-order valence-corrected chi connectivity index (χ1v) is 9.89. The summed E-state index contributed by atoms with van der Waals surface area (Å²) in [4.78, 5) is 41.3. The van der Waals surface area contributed by atoms with Gasteiger partial charge in [-0.25, -0.2) is 0 Å². The van der Waals surface area contributed by atoms with Crippen LogP contribution in [0.2, 0.25) is 0 Å². The minimum atomic E-state index is -0.320. The Morgan fingerprint density at radius 2 is 1.76 bits per heavy atom. The summed E-state index contributed by atoms with van der Waals surface area (Å²) in [6.45, 7) is 3.69. The lowest BCUT2D eigenvalue weighted by Gasteiger charge is -2.23. The van der Waals surface area contributed by atoms with Crippen LogP contribution in [0.1, 0.15) is 56.4 Å². The molecule has 1 aliphatic heterocycles. The van der Waals surface area contributed by atoms with Crippen molar-refractivity contribution in [2.75, 3.05) is 26.8 Å². The van der Waals surface area contributed by atoms with E-state index in [2.05, 4.69) is 0 Å². The molecule has 0 spiro atoms. The minimum absolute atomic E-state index is 0.194. The summed E-state index contributed by atoms with van der Waals surface area (Å²) in [6.07, 6.45) is 1.66. The number of fused-ring (bicyclic) bond motifs is 1. The van der Waals surface area contributed by atoms with Gasteiger partial charge in [-0.2, -0.15) is 0 Å². The predicted octanol–water partition coefficient (Wildman–Crippen LogP) is 3.37. The Labute approximate surface area is 171 Å². The Hall–Kier alpha value is -2.99. The molecular weight excluding hydrogens is 368 g/mol. The van der Waals surface area contributed by atoms with Crippen molar-refractivity contribution in [1.29, 1.82) is 0 Å². The Bertz CT molecular complexity index is 895. The molecule has 152 valence electrons. The van der Waals surface area contributed by atoms with Gasteiger partial charge < -0.3 is 9.64 Å². The fraction of sp³-hybridized carbons (Fsp3) is 0.348. The molecule has 0 bridgehead atoms. The molecule has 2 aromatic carbocycles. The number of methoxy groups -OCH3 is 1. The van der Waals surface area contributed by atoms with Crippen LogP contribution in [-0.2, 0) is 11.3 Å². The number of hydrogen-bond acceptors (Lipinski definition) is 4. The molecule has 0 atom stereocenters. The van der Waals surface area contributed by atoms with E-state index >= 15 is 0 Å². The molecule has 6 heteroatoms. The van der Waals surface area contributed by atoms with E-state index in [-0.39, 0.29) is 17.7 Å². The van der Waals surface area contributed by atoms with Crippen molar-refractivity contribution in [3.63, 3.8) is 0 Å². The fourth-order valence-corrected chi connectivity index (χ4v) is 3.38. The lowest BCUT2D eigenvalue weighted by Crippen LogP contribution is -2.33. The van der Waals surface area contributed by atoms with Crippen molar-refractivity contribution in [2.45, 2.75) is 26.3 Å². The summed E-state index contributed by atoms with van der Waals surface area (Å²) >= 11 is 0. The van der Waals surface area contributed by atoms with Crippen molar-refractivity contribution in [3.8, 4) is 0 Å². The van der Waals surface area contributed by atoms with Crippen LogP contribution < -0.4 is 0 Å². The zero-order chi connectivity index (χ0) is 20.8. The second-order valence-corrected chi connectivity index (χ2v) is 7.08. The van der Waals surface area contributed by atoms with Crippen LogP contribution in [-0.4, -0.2) is 54.3 Å². The Morgan fingerprint density at radius 3 is 2.45 bits per heavy atom. The monoisotopic (exact) mass is 394 g/mol. The van der Waals surface area contributed by atoms with E-state index in [0.29, 0.717) is 42.9 Å². The molecule has 0 unspecified atom stereocenters. The van der Waals surface area contributed by atoms with Crippen LogP contribution in [0.25, 0.3) is 0 Å². The van der Waals surface area contributed by atoms with E-state index in [1.165, 1.54) is 4.90 Å². The average molecular weight is 394 g/mol. The average Bonchev–Trinajstić information content (AvgIpc) is 2.99. The number of carbonyl (C=O) groups is 3. The first kappa shape index (κ1) is 20.7. The van der Waals surface area contributed by atoms with Gasteiger partial charge in [0.1, 0.15) is 0 Å². The van der Waals surface area contributed by atoms with Gasteiger partial charge in [0.2, 0.25) is 0 Å². The third-order valence-electron chi connectivity index (χ3n) is 5.02. The van der Waals surface area contributed by atoms with Crippen molar-refractivity contribution in [2.24, 2.45) is 0 Å². The molecule has 0 aromatic heterocycles. The highest BCUT2D eigenvalue weighted by Gasteiger charge is 2.35. The number of nitrogens with zero attached hydrogens (tertiary/aromatic N) is 2. The maximum atomic E-state index is 13.2. The van der Waals surface area contributed by atoms with Crippen LogP contribution >= 0.6 is 0 Å².